The number of hydrogen-bond donors (Lipinski definition) is 1. The van der Waals surface area contributed by atoms with Gasteiger partial charge in [0.05, 0.1) is 6.04 Å². The van der Waals surface area contributed by atoms with Crippen LogP contribution in [0.1, 0.15) is 38.5 Å². The van der Waals surface area contributed by atoms with E-state index in [2.05, 4.69) is 10.2 Å². The molecule has 2 saturated carbocycles. The molecule has 0 radical (unpaired) electrons. The summed E-state index contributed by atoms with van der Waals surface area (Å²) >= 11 is 0. The molecule has 4 amide bonds. The second-order valence-electron chi connectivity index (χ2n) is 6.54. The molecule has 2 saturated heterocycles. The molecular formula is C14H19N3O3. The Balaban J connectivity index is 1.55. The third-order valence-corrected chi connectivity index (χ3v) is 5.33. The summed E-state index contributed by atoms with van der Waals surface area (Å²) in [7, 11) is 0. The number of hydrogen-bond acceptors (Lipinski definition) is 4. The van der Waals surface area contributed by atoms with E-state index in [9.17, 15) is 14.4 Å². The topological polar surface area (TPSA) is 69.7 Å². The molecule has 1 spiro atoms. The minimum atomic E-state index is -0.930. The molecule has 4 aliphatic rings. The molecule has 1 unspecified atom stereocenters. The minimum Gasteiger partial charge on any atom is -0.298 e. The first-order chi connectivity index (χ1) is 9.62. The number of amides is 4. The lowest BCUT2D eigenvalue weighted by atomic mass is 9.66. The second-order valence-corrected chi connectivity index (χ2v) is 6.54. The molecule has 0 aromatic carbocycles. The van der Waals surface area contributed by atoms with Crippen LogP contribution in [-0.4, -0.2) is 52.8 Å². The fourth-order valence-corrected chi connectivity index (χ4v) is 3.75. The summed E-state index contributed by atoms with van der Waals surface area (Å²) in [6.45, 7) is 1.72. The highest BCUT2D eigenvalue weighted by Gasteiger charge is 2.59. The van der Waals surface area contributed by atoms with Crippen LogP contribution in [0.2, 0.25) is 0 Å². The molecule has 1 atom stereocenters. The summed E-state index contributed by atoms with van der Waals surface area (Å²) in [4.78, 5) is 40.4. The molecule has 20 heavy (non-hydrogen) atoms. The van der Waals surface area contributed by atoms with Crippen molar-refractivity contribution in [1.82, 2.24) is 15.1 Å². The zero-order chi connectivity index (χ0) is 13.9. The van der Waals surface area contributed by atoms with E-state index < -0.39 is 11.4 Å². The highest BCUT2D eigenvalue weighted by atomic mass is 16.2. The van der Waals surface area contributed by atoms with Gasteiger partial charge in [-0.15, -0.1) is 0 Å². The van der Waals surface area contributed by atoms with Gasteiger partial charge < -0.3 is 0 Å². The Bertz CT molecular complexity index is 496. The van der Waals surface area contributed by atoms with Crippen LogP contribution in [0, 0.1) is 5.41 Å². The molecule has 0 aromatic rings. The number of rotatable bonds is 2. The van der Waals surface area contributed by atoms with E-state index in [0.29, 0.717) is 18.9 Å². The zero-order valence-electron chi connectivity index (χ0n) is 11.4. The van der Waals surface area contributed by atoms with Gasteiger partial charge in [-0.2, -0.15) is 0 Å². The van der Waals surface area contributed by atoms with E-state index in [1.807, 2.05) is 0 Å². The average molecular weight is 277 g/mol. The van der Waals surface area contributed by atoms with Gasteiger partial charge in [0, 0.05) is 19.1 Å². The van der Waals surface area contributed by atoms with Gasteiger partial charge in [-0.3, -0.25) is 24.7 Å². The maximum Gasteiger partial charge on any atom is 0.331 e. The SMILES string of the molecule is O=C1NC(=O)C2(CCC2)C(=O)N1C1CCN(C2CC2)C1. The summed E-state index contributed by atoms with van der Waals surface area (Å²) in [5, 5.41) is 2.40. The van der Waals surface area contributed by atoms with Crippen LogP contribution in [-0.2, 0) is 9.59 Å². The quantitative estimate of drug-likeness (QED) is 0.745. The average Bonchev–Trinajstić information content (AvgIpc) is 3.07. The van der Waals surface area contributed by atoms with Crippen LogP contribution in [0.3, 0.4) is 0 Å². The van der Waals surface area contributed by atoms with Crippen molar-refractivity contribution in [3.8, 4) is 0 Å². The van der Waals surface area contributed by atoms with Crippen molar-refractivity contribution in [2.45, 2.75) is 50.6 Å². The standard InChI is InChI=1S/C14H19N3O3/c18-11-14(5-1-6-14)12(19)17(13(20)15-11)10-4-7-16(8-10)9-2-3-9/h9-10H,1-8H2,(H,15,18,20). The molecule has 6 heteroatoms. The van der Waals surface area contributed by atoms with Crippen LogP contribution >= 0.6 is 0 Å². The van der Waals surface area contributed by atoms with Crippen molar-refractivity contribution in [2.24, 2.45) is 5.41 Å². The van der Waals surface area contributed by atoms with Crippen LogP contribution in [0.5, 0.6) is 0 Å². The predicted molar refractivity (Wildman–Crippen MR) is 69.7 cm³/mol. The number of imide groups is 2. The summed E-state index contributed by atoms with van der Waals surface area (Å²) in [6, 6.07) is 0.0797. The number of likely N-dealkylation sites (tertiary alicyclic amines) is 1. The van der Waals surface area contributed by atoms with Crippen molar-refractivity contribution in [3.63, 3.8) is 0 Å². The van der Waals surface area contributed by atoms with Gasteiger partial charge in [-0.1, -0.05) is 6.42 Å². The van der Waals surface area contributed by atoms with Gasteiger partial charge in [0.15, 0.2) is 0 Å². The van der Waals surface area contributed by atoms with Crippen molar-refractivity contribution in [2.75, 3.05) is 13.1 Å². The third kappa shape index (κ3) is 1.57. The Morgan fingerprint density at radius 2 is 1.80 bits per heavy atom. The predicted octanol–water partition coefficient (Wildman–Crippen LogP) is 0.472. The van der Waals surface area contributed by atoms with Gasteiger partial charge in [0.25, 0.3) is 0 Å². The minimum absolute atomic E-state index is 0.0614. The summed E-state index contributed by atoms with van der Waals surface area (Å²) in [5.74, 6) is -0.632. The Morgan fingerprint density at radius 3 is 2.40 bits per heavy atom. The van der Waals surface area contributed by atoms with Gasteiger partial charge in [-0.25, -0.2) is 4.79 Å². The molecule has 6 nitrogen and oxygen atoms in total. The van der Waals surface area contributed by atoms with E-state index in [-0.39, 0.29) is 17.9 Å². The van der Waals surface area contributed by atoms with Gasteiger partial charge in [-0.05, 0) is 32.1 Å². The monoisotopic (exact) mass is 277 g/mol. The number of nitrogens with one attached hydrogen (secondary N) is 1. The first kappa shape index (κ1) is 12.3. The lowest BCUT2D eigenvalue weighted by molar-refractivity contribution is -0.159. The smallest absolute Gasteiger partial charge is 0.298 e. The molecule has 2 heterocycles. The fourth-order valence-electron chi connectivity index (χ4n) is 3.75. The fraction of sp³-hybridized carbons (Fsp3) is 0.786. The number of nitrogens with zero attached hydrogens (tertiary/aromatic N) is 2. The normalized spacial score (nSPS) is 33.5. The zero-order valence-corrected chi connectivity index (χ0v) is 11.4. The first-order valence-electron chi connectivity index (χ1n) is 7.55. The van der Waals surface area contributed by atoms with Crippen LogP contribution in [0.4, 0.5) is 4.79 Å². The molecule has 4 fully saturated rings. The number of carbonyl (C=O) groups is 3. The van der Waals surface area contributed by atoms with Crippen molar-refractivity contribution >= 4 is 17.8 Å². The number of barbiturate groups is 1. The van der Waals surface area contributed by atoms with Crippen molar-refractivity contribution < 1.29 is 14.4 Å². The number of urea groups is 1. The lowest BCUT2D eigenvalue weighted by Gasteiger charge is -2.46. The molecular weight excluding hydrogens is 258 g/mol. The first-order valence-corrected chi connectivity index (χ1v) is 7.55. The summed E-state index contributed by atoms with van der Waals surface area (Å²) in [6.07, 6.45) is 5.35. The van der Waals surface area contributed by atoms with E-state index in [4.69, 9.17) is 0 Å². The second kappa shape index (κ2) is 4.04. The Kier molecular flexibility index (Phi) is 2.49. The summed E-state index contributed by atoms with van der Waals surface area (Å²) in [5.41, 5.74) is -0.930. The lowest BCUT2D eigenvalue weighted by Crippen LogP contribution is -2.68. The van der Waals surface area contributed by atoms with Crippen LogP contribution in [0.25, 0.3) is 0 Å². The van der Waals surface area contributed by atoms with E-state index in [0.717, 1.165) is 25.9 Å². The van der Waals surface area contributed by atoms with Gasteiger partial charge in [0.1, 0.15) is 5.41 Å². The summed E-state index contributed by atoms with van der Waals surface area (Å²) < 4.78 is 0. The third-order valence-electron chi connectivity index (χ3n) is 5.33. The Hall–Kier alpha value is -1.43. The maximum absolute atomic E-state index is 12.7. The van der Waals surface area contributed by atoms with Gasteiger partial charge >= 0.3 is 6.03 Å². The van der Waals surface area contributed by atoms with Crippen LogP contribution in [0.15, 0.2) is 0 Å². The molecule has 108 valence electrons. The van der Waals surface area contributed by atoms with E-state index in [1.54, 1.807) is 0 Å². The maximum atomic E-state index is 12.7. The van der Waals surface area contributed by atoms with E-state index in [1.165, 1.54) is 17.7 Å². The Morgan fingerprint density at radius 1 is 1.05 bits per heavy atom. The van der Waals surface area contributed by atoms with Crippen molar-refractivity contribution in [1.29, 1.82) is 0 Å². The highest BCUT2D eigenvalue weighted by molar-refractivity contribution is 6.19. The van der Waals surface area contributed by atoms with Gasteiger partial charge in [0.2, 0.25) is 11.8 Å². The molecule has 1 N–H and O–H groups in total. The largest absolute Gasteiger partial charge is 0.331 e. The molecule has 4 rings (SSSR count). The van der Waals surface area contributed by atoms with Crippen LogP contribution < -0.4 is 5.32 Å². The molecule has 0 aromatic heterocycles. The molecule has 2 aliphatic carbocycles. The Labute approximate surface area is 117 Å². The highest BCUT2D eigenvalue weighted by Crippen LogP contribution is 2.45. The molecule has 2 aliphatic heterocycles. The van der Waals surface area contributed by atoms with Crippen molar-refractivity contribution in [3.05, 3.63) is 0 Å². The number of carbonyl (C=O) groups excluding carboxylic acids is 3. The van der Waals surface area contributed by atoms with E-state index >= 15 is 0 Å². The molecule has 0 bridgehead atoms.